The Bertz CT molecular complexity index is 896. The number of hydrogen-bond acceptors (Lipinski definition) is 5. The summed E-state index contributed by atoms with van der Waals surface area (Å²) in [4.78, 5) is 24.0. The predicted octanol–water partition coefficient (Wildman–Crippen LogP) is 1.91. The van der Waals surface area contributed by atoms with E-state index in [1.807, 2.05) is 0 Å². The van der Waals surface area contributed by atoms with Crippen molar-refractivity contribution in [3.8, 4) is 5.75 Å². The number of nitrogens with one attached hydrogen (secondary N) is 2. The zero-order chi connectivity index (χ0) is 19.3. The monoisotopic (exact) mass is 380 g/mol. The number of rotatable bonds is 6. The van der Waals surface area contributed by atoms with Crippen molar-refractivity contribution in [2.45, 2.75) is 12.2 Å². The molecule has 3 N–H and O–H groups in total. The molecule has 0 saturated carbocycles. The zero-order valence-electron chi connectivity index (χ0n) is 13.8. The molecule has 0 bridgehead atoms. The molecule has 0 spiro atoms. The first-order chi connectivity index (χ1) is 12.2. The Morgan fingerprint density at radius 1 is 1.00 bits per heavy atom. The molecule has 1 unspecified atom stereocenters. The third kappa shape index (κ3) is 5.28. The fourth-order valence-corrected chi connectivity index (χ4v) is 3.06. The minimum Gasteiger partial charge on any atom is -0.508 e. The standard InChI is InChI=1S/C17H17FN2O5S/c1-11(17(23)20-14-6-8-15(21)9-7-14)26(24,25)10-16(22)19-13-4-2-12(18)3-5-13/h2-9,11,21H,10H2,1H3,(H,19,22)(H,20,23). The molecular formula is C17H17FN2O5S. The van der Waals surface area contributed by atoms with Crippen molar-refractivity contribution in [1.29, 1.82) is 0 Å². The third-order valence-corrected chi connectivity index (χ3v) is 5.46. The first-order valence-corrected chi connectivity index (χ1v) is 9.26. The van der Waals surface area contributed by atoms with Crippen LogP contribution in [-0.2, 0) is 19.4 Å². The van der Waals surface area contributed by atoms with Gasteiger partial charge in [-0.2, -0.15) is 0 Å². The van der Waals surface area contributed by atoms with Gasteiger partial charge in [-0.15, -0.1) is 0 Å². The number of sulfone groups is 1. The highest BCUT2D eigenvalue weighted by molar-refractivity contribution is 7.93. The van der Waals surface area contributed by atoms with E-state index >= 15 is 0 Å². The lowest BCUT2D eigenvalue weighted by Gasteiger charge is -2.13. The number of benzene rings is 2. The minimum atomic E-state index is -4.06. The Morgan fingerprint density at radius 2 is 1.50 bits per heavy atom. The van der Waals surface area contributed by atoms with Crippen LogP contribution in [0.5, 0.6) is 5.75 Å². The maximum absolute atomic E-state index is 12.8. The fourth-order valence-electron chi connectivity index (χ4n) is 1.99. The van der Waals surface area contributed by atoms with Gasteiger partial charge in [-0.05, 0) is 55.5 Å². The summed E-state index contributed by atoms with van der Waals surface area (Å²) in [5.74, 6) is -3.02. The Morgan fingerprint density at radius 3 is 2.08 bits per heavy atom. The van der Waals surface area contributed by atoms with Gasteiger partial charge in [-0.3, -0.25) is 9.59 Å². The molecule has 0 heterocycles. The van der Waals surface area contributed by atoms with Gasteiger partial charge in [-0.1, -0.05) is 0 Å². The zero-order valence-corrected chi connectivity index (χ0v) is 14.6. The molecule has 0 fully saturated rings. The molecule has 9 heteroatoms. The number of aromatic hydroxyl groups is 1. The summed E-state index contributed by atoms with van der Waals surface area (Å²) in [7, 11) is -4.06. The summed E-state index contributed by atoms with van der Waals surface area (Å²) < 4.78 is 37.3. The number of hydrogen-bond donors (Lipinski definition) is 3. The maximum atomic E-state index is 12.8. The van der Waals surface area contributed by atoms with Crippen LogP contribution in [0.4, 0.5) is 15.8 Å². The second kappa shape index (κ2) is 7.96. The van der Waals surface area contributed by atoms with Gasteiger partial charge in [0.05, 0.1) is 0 Å². The third-order valence-electron chi connectivity index (χ3n) is 3.50. The molecule has 0 radical (unpaired) electrons. The highest BCUT2D eigenvalue weighted by atomic mass is 32.2. The van der Waals surface area contributed by atoms with Crippen LogP contribution in [-0.4, -0.2) is 36.3 Å². The van der Waals surface area contributed by atoms with E-state index in [9.17, 15) is 27.5 Å². The molecule has 26 heavy (non-hydrogen) atoms. The number of phenols is 1. The van der Waals surface area contributed by atoms with E-state index in [4.69, 9.17) is 0 Å². The lowest BCUT2D eigenvalue weighted by atomic mass is 10.3. The number of phenolic OH excluding ortho intramolecular Hbond substituents is 1. The second-order valence-corrected chi connectivity index (χ2v) is 7.86. The van der Waals surface area contributed by atoms with E-state index in [-0.39, 0.29) is 11.4 Å². The lowest BCUT2D eigenvalue weighted by Crippen LogP contribution is -2.37. The molecule has 7 nitrogen and oxygen atoms in total. The van der Waals surface area contributed by atoms with Gasteiger partial charge < -0.3 is 15.7 Å². The van der Waals surface area contributed by atoms with Crippen molar-refractivity contribution in [3.05, 3.63) is 54.3 Å². The molecule has 0 saturated heterocycles. The molecule has 0 aliphatic heterocycles. The smallest absolute Gasteiger partial charge is 0.242 e. The first-order valence-electron chi connectivity index (χ1n) is 7.54. The Hall–Kier alpha value is -2.94. The molecule has 0 aliphatic rings. The lowest BCUT2D eigenvalue weighted by molar-refractivity contribution is -0.115. The van der Waals surface area contributed by atoms with E-state index in [2.05, 4.69) is 10.6 Å². The van der Waals surface area contributed by atoms with Crippen molar-refractivity contribution in [2.24, 2.45) is 0 Å². The molecule has 1 atom stereocenters. The Balaban J connectivity index is 1.98. The molecule has 2 aromatic carbocycles. The van der Waals surface area contributed by atoms with Crippen LogP contribution >= 0.6 is 0 Å². The van der Waals surface area contributed by atoms with E-state index < -0.39 is 38.5 Å². The second-order valence-electron chi connectivity index (χ2n) is 5.54. The Labute approximate surface area is 149 Å². The minimum absolute atomic E-state index is 0.00105. The quantitative estimate of drug-likeness (QED) is 0.663. The summed E-state index contributed by atoms with van der Waals surface area (Å²) in [5.41, 5.74) is 0.554. The number of carbonyl (C=O) groups is 2. The Kier molecular flexibility index (Phi) is 5.93. The van der Waals surface area contributed by atoms with Gasteiger partial charge in [0, 0.05) is 11.4 Å². The predicted molar refractivity (Wildman–Crippen MR) is 95.0 cm³/mol. The van der Waals surface area contributed by atoms with Crippen LogP contribution in [0.15, 0.2) is 48.5 Å². The molecular weight excluding hydrogens is 363 g/mol. The van der Waals surface area contributed by atoms with Crippen molar-refractivity contribution in [1.82, 2.24) is 0 Å². The van der Waals surface area contributed by atoms with Crippen LogP contribution in [0.1, 0.15) is 6.92 Å². The molecule has 138 valence electrons. The summed E-state index contributed by atoms with van der Waals surface area (Å²) in [6.07, 6.45) is 0. The highest BCUT2D eigenvalue weighted by Gasteiger charge is 2.30. The number of anilines is 2. The maximum Gasteiger partial charge on any atom is 0.242 e. The first kappa shape index (κ1) is 19.4. The van der Waals surface area contributed by atoms with Gasteiger partial charge >= 0.3 is 0 Å². The average molecular weight is 380 g/mol. The van der Waals surface area contributed by atoms with Crippen molar-refractivity contribution < 1.29 is 27.5 Å². The molecule has 2 rings (SSSR count). The van der Waals surface area contributed by atoms with Gasteiger partial charge in [0.25, 0.3) is 0 Å². The van der Waals surface area contributed by atoms with Crippen LogP contribution in [0.3, 0.4) is 0 Å². The van der Waals surface area contributed by atoms with Gasteiger partial charge in [0.1, 0.15) is 22.6 Å². The summed E-state index contributed by atoms with van der Waals surface area (Å²) in [5, 5.41) is 12.5. The topological polar surface area (TPSA) is 113 Å². The van der Waals surface area contributed by atoms with Crippen molar-refractivity contribution in [3.63, 3.8) is 0 Å². The average Bonchev–Trinajstić information content (AvgIpc) is 2.57. The van der Waals surface area contributed by atoms with E-state index in [0.717, 1.165) is 12.1 Å². The van der Waals surface area contributed by atoms with Crippen molar-refractivity contribution >= 4 is 33.0 Å². The summed E-state index contributed by atoms with van der Waals surface area (Å²) >= 11 is 0. The van der Waals surface area contributed by atoms with Gasteiger partial charge in [-0.25, -0.2) is 12.8 Å². The SMILES string of the molecule is CC(C(=O)Nc1ccc(O)cc1)S(=O)(=O)CC(=O)Nc1ccc(F)cc1. The van der Waals surface area contributed by atoms with Gasteiger partial charge in [0.2, 0.25) is 11.8 Å². The number of amides is 2. The molecule has 0 aromatic heterocycles. The van der Waals surface area contributed by atoms with Crippen LogP contribution < -0.4 is 10.6 Å². The summed E-state index contributed by atoms with van der Waals surface area (Å²) in [6.45, 7) is 1.18. The van der Waals surface area contributed by atoms with Crippen LogP contribution in [0.2, 0.25) is 0 Å². The van der Waals surface area contributed by atoms with Gasteiger partial charge in [0.15, 0.2) is 9.84 Å². The number of carbonyl (C=O) groups excluding carboxylic acids is 2. The van der Waals surface area contributed by atoms with Crippen LogP contribution in [0.25, 0.3) is 0 Å². The van der Waals surface area contributed by atoms with Crippen molar-refractivity contribution in [2.75, 3.05) is 16.4 Å². The van der Waals surface area contributed by atoms with E-state index in [1.165, 1.54) is 43.3 Å². The molecule has 2 aromatic rings. The van der Waals surface area contributed by atoms with E-state index in [1.54, 1.807) is 0 Å². The normalized spacial score (nSPS) is 12.2. The molecule has 0 aliphatic carbocycles. The highest BCUT2D eigenvalue weighted by Crippen LogP contribution is 2.15. The van der Waals surface area contributed by atoms with E-state index in [0.29, 0.717) is 5.69 Å². The summed E-state index contributed by atoms with van der Waals surface area (Å²) in [6, 6.07) is 10.3. The fraction of sp³-hybridized carbons (Fsp3) is 0.176. The molecule has 2 amide bonds. The van der Waals surface area contributed by atoms with Crippen LogP contribution in [0, 0.1) is 5.82 Å². The number of halogens is 1. The largest absolute Gasteiger partial charge is 0.508 e.